The van der Waals surface area contributed by atoms with Crippen LogP contribution in [-0.2, 0) is 9.53 Å². The molecule has 0 spiro atoms. The van der Waals surface area contributed by atoms with Gasteiger partial charge in [-0.1, -0.05) is 41.4 Å². The van der Waals surface area contributed by atoms with Crippen LogP contribution in [0.4, 0.5) is 4.79 Å². The van der Waals surface area contributed by atoms with Crippen LogP contribution in [0.1, 0.15) is 26.3 Å². The molecule has 8 heteroatoms. The van der Waals surface area contributed by atoms with E-state index in [2.05, 4.69) is 10.3 Å². The summed E-state index contributed by atoms with van der Waals surface area (Å²) in [5.74, 6) is -1.28. The molecule has 1 heterocycles. The first-order valence-corrected chi connectivity index (χ1v) is 10.1. The van der Waals surface area contributed by atoms with Gasteiger partial charge in [0.1, 0.15) is 11.3 Å². The molecule has 31 heavy (non-hydrogen) atoms. The monoisotopic (exact) mass is 458 g/mol. The Bertz CT molecular complexity index is 1180. The predicted octanol–water partition coefficient (Wildman–Crippen LogP) is 6.16. The second-order valence-electron chi connectivity index (χ2n) is 7.74. The fourth-order valence-electron chi connectivity index (χ4n) is 2.85. The van der Waals surface area contributed by atoms with E-state index in [1.165, 1.54) is 6.08 Å². The molecule has 0 aliphatic heterocycles. The maximum absolute atomic E-state index is 11.9. The minimum absolute atomic E-state index is 0.305. The molecule has 2 N–H and O–H groups in total. The number of carboxylic acid groups (broad SMARTS) is 1. The van der Waals surface area contributed by atoms with Crippen LogP contribution in [0.15, 0.2) is 54.2 Å². The number of hydrogen-bond donors (Lipinski definition) is 2. The number of pyridine rings is 1. The van der Waals surface area contributed by atoms with Crippen LogP contribution in [0.25, 0.3) is 28.2 Å². The van der Waals surface area contributed by atoms with Gasteiger partial charge in [0.05, 0.1) is 21.3 Å². The van der Waals surface area contributed by atoms with Crippen molar-refractivity contribution in [3.63, 3.8) is 0 Å². The third-order valence-corrected chi connectivity index (χ3v) is 4.74. The van der Waals surface area contributed by atoms with E-state index < -0.39 is 17.7 Å². The summed E-state index contributed by atoms with van der Waals surface area (Å²) in [6.45, 7) is 5.07. The van der Waals surface area contributed by atoms with Crippen molar-refractivity contribution in [2.45, 2.75) is 26.4 Å². The van der Waals surface area contributed by atoms with Gasteiger partial charge in [0, 0.05) is 10.9 Å². The smallest absolute Gasteiger partial charge is 0.412 e. The van der Waals surface area contributed by atoms with Gasteiger partial charge in [-0.3, -0.25) is 5.32 Å². The van der Waals surface area contributed by atoms with Crippen LogP contribution >= 0.6 is 23.2 Å². The van der Waals surface area contributed by atoms with Crippen LogP contribution in [0.2, 0.25) is 10.0 Å². The minimum Gasteiger partial charge on any atom is -0.477 e. The zero-order valence-corrected chi connectivity index (χ0v) is 18.6. The maximum Gasteiger partial charge on any atom is 0.412 e. The molecular formula is C23H20Cl2N2O4. The Kier molecular flexibility index (Phi) is 6.53. The summed E-state index contributed by atoms with van der Waals surface area (Å²) in [5.41, 5.74) is 1.48. The summed E-state index contributed by atoms with van der Waals surface area (Å²) in [4.78, 5) is 28.1. The summed E-state index contributed by atoms with van der Waals surface area (Å²) in [6, 6.07) is 14.1. The topological polar surface area (TPSA) is 88.5 Å². The number of halogens is 2. The van der Waals surface area contributed by atoms with Crippen LogP contribution in [0.3, 0.4) is 0 Å². The van der Waals surface area contributed by atoms with Crippen molar-refractivity contribution in [1.29, 1.82) is 0 Å². The highest BCUT2D eigenvalue weighted by Gasteiger charge is 2.19. The third-order valence-electron chi connectivity index (χ3n) is 4.11. The van der Waals surface area contributed by atoms with E-state index in [1.54, 1.807) is 63.2 Å². The summed E-state index contributed by atoms with van der Waals surface area (Å²) in [7, 11) is 0. The number of aliphatic carboxylic acids is 1. The lowest BCUT2D eigenvalue weighted by Crippen LogP contribution is -2.34. The van der Waals surface area contributed by atoms with Gasteiger partial charge >= 0.3 is 12.1 Å². The molecule has 1 amide bonds. The number of alkyl carbamates (subject to hydrolysis) is 1. The second kappa shape index (κ2) is 8.96. The molecule has 0 radical (unpaired) electrons. The van der Waals surface area contributed by atoms with E-state index >= 15 is 0 Å². The standard InChI is InChI=1S/C23H20Cl2N2O4/c1-23(2,3)31-22(30)27-19(21(28)29)12-13-7-9-17-14(11-13)8-10-18(26-17)20-15(24)5-4-6-16(20)25/h4-12H,1-3H3,(H,27,30)(H,28,29). The number of nitrogens with zero attached hydrogens (tertiary/aromatic N) is 1. The van der Waals surface area contributed by atoms with Gasteiger partial charge in [0.2, 0.25) is 0 Å². The van der Waals surface area contributed by atoms with Gasteiger partial charge < -0.3 is 9.84 Å². The van der Waals surface area contributed by atoms with E-state index in [9.17, 15) is 14.7 Å². The van der Waals surface area contributed by atoms with Crippen LogP contribution in [0, 0.1) is 0 Å². The lowest BCUT2D eigenvalue weighted by atomic mass is 10.1. The first-order valence-electron chi connectivity index (χ1n) is 9.34. The van der Waals surface area contributed by atoms with Gasteiger partial charge in [0.15, 0.2) is 0 Å². The molecule has 0 saturated carbocycles. The maximum atomic E-state index is 11.9. The van der Waals surface area contributed by atoms with Crippen molar-refractivity contribution in [1.82, 2.24) is 10.3 Å². The van der Waals surface area contributed by atoms with E-state index in [0.29, 0.717) is 32.4 Å². The Balaban J connectivity index is 1.93. The number of aromatic nitrogens is 1. The Hall–Kier alpha value is -3.09. The number of rotatable bonds is 4. The van der Waals surface area contributed by atoms with Crippen LogP contribution < -0.4 is 5.32 Å². The zero-order chi connectivity index (χ0) is 22.8. The summed E-state index contributed by atoms with van der Waals surface area (Å²) in [6.07, 6.45) is 0.509. The largest absolute Gasteiger partial charge is 0.477 e. The van der Waals surface area contributed by atoms with Crippen molar-refractivity contribution in [2.75, 3.05) is 0 Å². The van der Waals surface area contributed by atoms with Crippen LogP contribution in [-0.4, -0.2) is 27.8 Å². The number of carbonyl (C=O) groups excluding carboxylic acids is 1. The fourth-order valence-corrected chi connectivity index (χ4v) is 3.44. The Morgan fingerprint density at radius 3 is 2.35 bits per heavy atom. The number of hydrogen-bond acceptors (Lipinski definition) is 4. The van der Waals surface area contributed by atoms with Gasteiger partial charge in [-0.25, -0.2) is 14.6 Å². The molecule has 0 saturated heterocycles. The second-order valence-corrected chi connectivity index (χ2v) is 8.55. The normalized spacial score (nSPS) is 12.0. The molecule has 0 aliphatic carbocycles. The number of amides is 1. The lowest BCUT2D eigenvalue weighted by Gasteiger charge is -2.19. The molecular weight excluding hydrogens is 439 g/mol. The molecule has 160 valence electrons. The molecule has 0 atom stereocenters. The third kappa shape index (κ3) is 5.75. The zero-order valence-electron chi connectivity index (χ0n) is 17.1. The molecule has 2 aromatic carbocycles. The molecule has 0 bridgehead atoms. The highest BCUT2D eigenvalue weighted by Crippen LogP contribution is 2.34. The summed E-state index contributed by atoms with van der Waals surface area (Å²) >= 11 is 12.6. The fraction of sp³-hybridized carbons (Fsp3) is 0.174. The first kappa shape index (κ1) is 22.6. The number of carboxylic acids is 1. The molecule has 3 rings (SSSR count). The van der Waals surface area contributed by atoms with Crippen molar-refractivity contribution in [2.24, 2.45) is 0 Å². The summed E-state index contributed by atoms with van der Waals surface area (Å²) < 4.78 is 5.12. The molecule has 0 fully saturated rings. The van der Waals surface area contributed by atoms with Crippen molar-refractivity contribution in [3.05, 3.63) is 69.8 Å². The minimum atomic E-state index is -1.28. The van der Waals surface area contributed by atoms with E-state index in [1.807, 2.05) is 6.07 Å². The average Bonchev–Trinajstić information content (AvgIpc) is 2.65. The Labute approximate surface area is 189 Å². The summed E-state index contributed by atoms with van der Waals surface area (Å²) in [5, 5.41) is 13.5. The Morgan fingerprint density at radius 2 is 1.74 bits per heavy atom. The highest BCUT2D eigenvalue weighted by molar-refractivity contribution is 6.39. The Morgan fingerprint density at radius 1 is 1.06 bits per heavy atom. The first-order chi connectivity index (χ1) is 14.5. The van der Waals surface area contributed by atoms with Crippen LogP contribution in [0.5, 0.6) is 0 Å². The van der Waals surface area contributed by atoms with E-state index in [4.69, 9.17) is 27.9 Å². The van der Waals surface area contributed by atoms with Crippen molar-refractivity contribution in [3.8, 4) is 11.3 Å². The average molecular weight is 459 g/mol. The number of ether oxygens (including phenoxy) is 1. The van der Waals surface area contributed by atoms with Gasteiger partial charge in [0.25, 0.3) is 0 Å². The molecule has 0 unspecified atom stereocenters. The van der Waals surface area contributed by atoms with Crippen molar-refractivity contribution < 1.29 is 19.4 Å². The molecule has 3 aromatic rings. The SMILES string of the molecule is CC(C)(C)OC(=O)NC(=Cc1ccc2nc(-c3c(Cl)cccc3Cl)ccc2c1)C(=O)O. The molecule has 1 aromatic heterocycles. The quantitative estimate of drug-likeness (QED) is 0.457. The lowest BCUT2D eigenvalue weighted by molar-refractivity contribution is -0.133. The molecule has 0 aliphatic rings. The number of nitrogens with one attached hydrogen (secondary N) is 1. The number of carbonyl (C=O) groups is 2. The van der Waals surface area contributed by atoms with E-state index in [0.717, 1.165) is 5.39 Å². The highest BCUT2D eigenvalue weighted by atomic mass is 35.5. The van der Waals surface area contributed by atoms with Gasteiger partial charge in [-0.05, 0) is 62.7 Å². The number of fused-ring (bicyclic) bond motifs is 1. The van der Waals surface area contributed by atoms with Gasteiger partial charge in [-0.2, -0.15) is 0 Å². The van der Waals surface area contributed by atoms with Gasteiger partial charge in [-0.15, -0.1) is 0 Å². The predicted molar refractivity (Wildman–Crippen MR) is 122 cm³/mol. The van der Waals surface area contributed by atoms with Crippen molar-refractivity contribution >= 4 is 52.2 Å². The van der Waals surface area contributed by atoms with E-state index in [-0.39, 0.29) is 5.70 Å². The molecule has 6 nitrogen and oxygen atoms in total. The number of benzene rings is 2.